The average Bonchev–Trinajstić information content (AvgIpc) is 3.29. The van der Waals surface area contributed by atoms with Gasteiger partial charge in [-0.25, -0.2) is 0 Å². The van der Waals surface area contributed by atoms with E-state index in [-0.39, 0.29) is 29.7 Å². The second-order valence-electron chi connectivity index (χ2n) is 5.78. The zero-order valence-corrected chi connectivity index (χ0v) is 15.3. The van der Waals surface area contributed by atoms with Gasteiger partial charge in [0, 0.05) is 23.6 Å². The molecule has 9 heteroatoms. The van der Waals surface area contributed by atoms with Crippen LogP contribution < -0.4 is 10.9 Å². The lowest BCUT2D eigenvalue weighted by Gasteiger charge is -2.06. The third-order valence-corrected chi connectivity index (χ3v) is 6.88. The Morgan fingerprint density at radius 2 is 2.36 bits per heavy atom. The van der Waals surface area contributed by atoms with Gasteiger partial charge in [-0.1, -0.05) is 33.2 Å². The van der Waals surface area contributed by atoms with Crippen LogP contribution >= 0.6 is 21.6 Å². The van der Waals surface area contributed by atoms with Crippen LogP contribution in [0.3, 0.4) is 0 Å². The third-order valence-electron chi connectivity index (χ3n) is 3.87. The zero-order chi connectivity index (χ0) is 17.5. The van der Waals surface area contributed by atoms with Crippen LogP contribution in [0.4, 0.5) is 0 Å². The highest BCUT2D eigenvalue weighted by atomic mass is 33.1. The largest absolute Gasteiger partial charge is 0.347 e. The van der Waals surface area contributed by atoms with Gasteiger partial charge in [0.25, 0.3) is 5.56 Å². The first-order valence-corrected chi connectivity index (χ1v) is 10.7. The molecule has 0 radical (unpaired) electrons. The zero-order valence-electron chi connectivity index (χ0n) is 13.7. The van der Waals surface area contributed by atoms with Crippen molar-refractivity contribution in [3.8, 4) is 11.4 Å². The Labute approximate surface area is 153 Å². The molecule has 2 aromatic rings. The summed E-state index contributed by atoms with van der Waals surface area (Å²) >= 11 is 0. The highest BCUT2D eigenvalue weighted by molar-refractivity contribution is 8.77. The van der Waals surface area contributed by atoms with Gasteiger partial charge in [-0.05, 0) is 31.4 Å². The number of nitrogens with zero attached hydrogens (tertiary/aromatic N) is 2. The SMILES string of the molecule is O=C(CCCC[C@@H]1CCSS1)NCc1nc(-c2ccc[nH]c2=O)no1. The number of unbranched alkanes of at least 4 members (excludes halogenated alkanes) is 1. The van der Waals surface area contributed by atoms with Gasteiger partial charge >= 0.3 is 0 Å². The number of aromatic amines is 1. The van der Waals surface area contributed by atoms with Crippen molar-refractivity contribution >= 4 is 27.5 Å². The molecule has 0 spiro atoms. The minimum atomic E-state index is -0.280. The summed E-state index contributed by atoms with van der Waals surface area (Å²) < 4.78 is 5.08. The van der Waals surface area contributed by atoms with E-state index in [9.17, 15) is 9.59 Å². The first-order chi connectivity index (χ1) is 12.2. The number of nitrogens with one attached hydrogen (secondary N) is 2. The van der Waals surface area contributed by atoms with Crippen LogP contribution in [0.2, 0.25) is 0 Å². The molecule has 1 amide bonds. The van der Waals surface area contributed by atoms with Crippen LogP contribution in [-0.2, 0) is 11.3 Å². The van der Waals surface area contributed by atoms with Crippen LogP contribution in [0, 0.1) is 0 Å². The normalized spacial score (nSPS) is 16.9. The molecule has 1 atom stereocenters. The monoisotopic (exact) mass is 380 g/mol. The summed E-state index contributed by atoms with van der Waals surface area (Å²) in [6.45, 7) is 0.172. The number of carbonyl (C=O) groups excluding carboxylic acids is 1. The first-order valence-electron chi connectivity index (χ1n) is 8.28. The minimum Gasteiger partial charge on any atom is -0.347 e. The molecule has 7 nitrogen and oxygen atoms in total. The van der Waals surface area contributed by atoms with E-state index in [0.717, 1.165) is 18.1 Å². The maximum atomic E-state index is 11.9. The molecule has 0 saturated carbocycles. The molecule has 25 heavy (non-hydrogen) atoms. The molecule has 0 unspecified atom stereocenters. The van der Waals surface area contributed by atoms with Crippen molar-refractivity contribution in [3.05, 3.63) is 34.6 Å². The predicted octanol–water partition coefficient (Wildman–Crippen LogP) is 2.76. The van der Waals surface area contributed by atoms with Gasteiger partial charge in [-0.15, -0.1) is 0 Å². The lowest BCUT2D eigenvalue weighted by molar-refractivity contribution is -0.121. The van der Waals surface area contributed by atoms with E-state index in [1.54, 1.807) is 12.1 Å². The maximum Gasteiger partial charge on any atom is 0.259 e. The number of pyridine rings is 1. The Bertz CT molecular complexity index is 756. The van der Waals surface area contributed by atoms with Crippen molar-refractivity contribution in [1.29, 1.82) is 0 Å². The molecule has 0 aliphatic carbocycles. The second kappa shape index (κ2) is 9.10. The topological polar surface area (TPSA) is 101 Å². The Hall–Kier alpha value is -1.74. The van der Waals surface area contributed by atoms with Crippen molar-refractivity contribution < 1.29 is 9.32 Å². The van der Waals surface area contributed by atoms with Gasteiger partial charge in [-0.2, -0.15) is 4.98 Å². The highest BCUT2D eigenvalue weighted by Crippen LogP contribution is 2.39. The summed E-state index contributed by atoms with van der Waals surface area (Å²) in [5.74, 6) is 1.73. The van der Waals surface area contributed by atoms with E-state index in [4.69, 9.17) is 4.52 Å². The van der Waals surface area contributed by atoms with Crippen LogP contribution in [0.25, 0.3) is 11.4 Å². The summed E-state index contributed by atoms with van der Waals surface area (Å²) in [7, 11) is 3.92. The number of hydrogen-bond acceptors (Lipinski definition) is 7. The van der Waals surface area contributed by atoms with Crippen LogP contribution in [0.5, 0.6) is 0 Å². The Kier molecular flexibility index (Phi) is 6.57. The molecule has 0 bridgehead atoms. The number of carbonyl (C=O) groups is 1. The van der Waals surface area contributed by atoms with E-state index in [0.29, 0.717) is 12.0 Å². The van der Waals surface area contributed by atoms with E-state index in [1.807, 2.05) is 21.6 Å². The van der Waals surface area contributed by atoms with Crippen molar-refractivity contribution in [2.75, 3.05) is 5.75 Å². The van der Waals surface area contributed by atoms with Gasteiger partial charge in [-0.3, -0.25) is 9.59 Å². The smallest absolute Gasteiger partial charge is 0.259 e. The molecule has 3 rings (SSSR count). The van der Waals surface area contributed by atoms with Gasteiger partial charge < -0.3 is 14.8 Å². The Morgan fingerprint density at radius 3 is 3.16 bits per heavy atom. The van der Waals surface area contributed by atoms with Gasteiger partial charge in [0.05, 0.1) is 12.1 Å². The Morgan fingerprint density at radius 1 is 1.44 bits per heavy atom. The molecule has 2 N–H and O–H groups in total. The minimum absolute atomic E-state index is 0.0224. The summed E-state index contributed by atoms with van der Waals surface area (Å²) in [5, 5.41) is 7.31. The molecule has 1 fully saturated rings. The van der Waals surface area contributed by atoms with E-state index in [1.165, 1.54) is 24.8 Å². The van der Waals surface area contributed by atoms with Crippen LogP contribution in [-0.4, -0.2) is 32.0 Å². The molecular formula is C16H20N4O3S2. The number of H-pyrrole nitrogens is 1. The fourth-order valence-electron chi connectivity index (χ4n) is 2.52. The lowest BCUT2D eigenvalue weighted by atomic mass is 10.1. The van der Waals surface area contributed by atoms with Gasteiger partial charge in [0.15, 0.2) is 0 Å². The average molecular weight is 380 g/mol. The van der Waals surface area contributed by atoms with Crippen LogP contribution in [0.15, 0.2) is 27.6 Å². The Balaban J connectivity index is 1.39. The first kappa shape index (κ1) is 18.1. The molecule has 134 valence electrons. The third kappa shape index (κ3) is 5.37. The summed E-state index contributed by atoms with van der Waals surface area (Å²) in [6, 6.07) is 3.31. The number of amides is 1. The predicted molar refractivity (Wildman–Crippen MR) is 99.1 cm³/mol. The maximum absolute atomic E-state index is 11.9. The van der Waals surface area contributed by atoms with E-state index < -0.39 is 0 Å². The summed E-state index contributed by atoms with van der Waals surface area (Å²) in [6.07, 6.45) is 6.48. The lowest BCUT2D eigenvalue weighted by Crippen LogP contribution is -2.22. The molecule has 0 aromatic carbocycles. The molecule has 1 aliphatic heterocycles. The fourth-order valence-corrected chi connectivity index (χ4v) is 5.55. The number of hydrogen-bond donors (Lipinski definition) is 2. The van der Waals surface area contributed by atoms with Crippen molar-refractivity contribution in [2.24, 2.45) is 0 Å². The van der Waals surface area contributed by atoms with Gasteiger partial charge in [0.1, 0.15) is 0 Å². The van der Waals surface area contributed by atoms with Crippen LogP contribution in [0.1, 0.15) is 38.0 Å². The molecular weight excluding hydrogens is 360 g/mol. The fraction of sp³-hybridized carbons (Fsp3) is 0.500. The van der Waals surface area contributed by atoms with Crippen molar-refractivity contribution in [2.45, 2.75) is 43.9 Å². The molecule has 3 heterocycles. The van der Waals surface area contributed by atoms with Gasteiger partial charge in [0.2, 0.25) is 17.6 Å². The van der Waals surface area contributed by atoms with E-state index in [2.05, 4.69) is 20.4 Å². The highest BCUT2D eigenvalue weighted by Gasteiger charge is 2.16. The molecule has 2 aromatic heterocycles. The van der Waals surface area contributed by atoms with Crippen molar-refractivity contribution in [1.82, 2.24) is 20.4 Å². The summed E-state index contributed by atoms with van der Waals surface area (Å²) in [5.41, 5.74) is 0.0597. The van der Waals surface area contributed by atoms with E-state index >= 15 is 0 Å². The van der Waals surface area contributed by atoms with Crippen molar-refractivity contribution in [3.63, 3.8) is 0 Å². The standard InChI is InChI=1S/C16H20N4O3S2/c21-13(6-2-1-4-11-7-9-24-25-11)18-10-14-19-15(20-23-14)12-5-3-8-17-16(12)22/h3,5,8,11H,1-2,4,6-7,9-10H2,(H,17,22)(H,18,21)/t11-/m1/s1. The number of aromatic nitrogens is 3. The second-order valence-corrected chi connectivity index (χ2v) is 8.56. The summed E-state index contributed by atoms with van der Waals surface area (Å²) in [4.78, 5) is 30.3. The molecule has 1 saturated heterocycles. The quantitative estimate of drug-likeness (QED) is 0.536. The number of rotatable bonds is 8. The molecule has 1 aliphatic rings.